The fraction of sp³-hybridized carbons (Fsp3) is 0.615. The molecule has 1 aromatic rings. The Balaban J connectivity index is 1.77. The van der Waals surface area contributed by atoms with Crippen LogP contribution in [0.5, 0.6) is 0 Å². The minimum absolute atomic E-state index is 0.0416. The Morgan fingerprint density at radius 2 is 2.44 bits per heavy atom. The minimum Gasteiger partial charge on any atom is -0.352 e. The van der Waals surface area contributed by atoms with E-state index in [9.17, 15) is 4.79 Å². The van der Waals surface area contributed by atoms with Gasteiger partial charge in [0.15, 0.2) is 0 Å². The lowest BCUT2D eigenvalue weighted by molar-refractivity contribution is 0.0947. The summed E-state index contributed by atoms with van der Waals surface area (Å²) in [5, 5.41) is 4.92. The van der Waals surface area contributed by atoms with Crippen molar-refractivity contribution in [2.75, 3.05) is 19.6 Å². The Hall–Kier alpha value is -0.390. The Labute approximate surface area is 121 Å². The second-order valence-corrected chi connectivity index (χ2v) is 7.38. The van der Waals surface area contributed by atoms with E-state index in [-0.39, 0.29) is 5.91 Å². The second kappa shape index (κ2) is 6.17. The normalized spacial score (nSPS) is 20.6. The molecule has 1 aliphatic heterocycles. The van der Waals surface area contributed by atoms with Crippen molar-refractivity contribution in [3.8, 4) is 0 Å². The van der Waals surface area contributed by atoms with Crippen LogP contribution < -0.4 is 5.32 Å². The minimum atomic E-state index is 0.0416. The second-order valence-electron chi connectivity index (χ2n) is 5.09. The van der Waals surface area contributed by atoms with Gasteiger partial charge in [-0.15, -0.1) is 11.3 Å². The number of carbonyl (C=O) groups is 1. The molecule has 0 bridgehead atoms. The van der Waals surface area contributed by atoms with Crippen molar-refractivity contribution >= 4 is 33.2 Å². The molecular weight excluding hydrogens is 312 g/mol. The molecule has 1 fully saturated rings. The molecule has 5 heteroatoms. The first-order chi connectivity index (χ1) is 8.56. The predicted molar refractivity (Wildman–Crippen MR) is 79.2 cm³/mol. The van der Waals surface area contributed by atoms with Gasteiger partial charge in [0.1, 0.15) is 0 Å². The monoisotopic (exact) mass is 330 g/mol. The number of nitrogens with one attached hydrogen (secondary N) is 1. The molecule has 2 heterocycles. The summed E-state index contributed by atoms with van der Waals surface area (Å²) in [4.78, 5) is 14.4. The summed E-state index contributed by atoms with van der Waals surface area (Å²) in [6.45, 7) is 7.50. The maximum Gasteiger partial charge on any atom is 0.252 e. The molecule has 0 spiro atoms. The van der Waals surface area contributed by atoms with E-state index in [4.69, 9.17) is 0 Å². The standard InChI is InChI=1S/C13H19BrN2OS/c1-9(2)16-4-3-10(7-16)6-15-13(17)11-5-12(14)18-8-11/h5,8-10H,3-4,6-7H2,1-2H3,(H,15,17). The molecule has 0 aromatic carbocycles. The molecular formula is C13H19BrN2OS. The van der Waals surface area contributed by atoms with Crippen LogP contribution in [0.25, 0.3) is 0 Å². The fourth-order valence-electron chi connectivity index (χ4n) is 2.27. The average Bonchev–Trinajstić information content (AvgIpc) is 2.94. The van der Waals surface area contributed by atoms with Crippen molar-refractivity contribution in [3.05, 3.63) is 20.8 Å². The van der Waals surface area contributed by atoms with E-state index >= 15 is 0 Å². The number of likely N-dealkylation sites (tertiary alicyclic amines) is 1. The maximum atomic E-state index is 11.9. The zero-order valence-electron chi connectivity index (χ0n) is 10.8. The van der Waals surface area contributed by atoms with Crippen LogP contribution in [-0.4, -0.2) is 36.5 Å². The molecule has 0 radical (unpaired) electrons. The van der Waals surface area contributed by atoms with E-state index in [1.54, 1.807) is 11.3 Å². The number of amides is 1. The van der Waals surface area contributed by atoms with Crippen LogP contribution in [-0.2, 0) is 0 Å². The van der Waals surface area contributed by atoms with Gasteiger partial charge in [0.25, 0.3) is 5.91 Å². The van der Waals surface area contributed by atoms with Crippen LogP contribution in [0.2, 0.25) is 0 Å². The van der Waals surface area contributed by atoms with Crippen molar-refractivity contribution in [3.63, 3.8) is 0 Å². The summed E-state index contributed by atoms with van der Waals surface area (Å²) in [6, 6.07) is 2.48. The van der Waals surface area contributed by atoms with Crippen LogP contribution in [0, 0.1) is 5.92 Å². The molecule has 2 rings (SSSR count). The zero-order chi connectivity index (χ0) is 13.1. The van der Waals surface area contributed by atoms with Crippen LogP contribution in [0.3, 0.4) is 0 Å². The smallest absolute Gasteiger partial charge is 0.252 e. The summed E-state index contributed by atoms with van der Waals surface area (Å²) >= 11 is 4.92. The van der Waals surface area contributed by atoms with Gasteiger partial charge >= 0.3 is 0 Å². The molecule has 1 amide bonds. The van der Waals surface area contributed by atoms with E-state index in [2.05, 4.69) is 40.0 Å². The summed E-state index contributed by atoms with van der Waals surface area (Å²) in [5.74, 6) is 0.637. The lowest BCUT2D eigenvalue weighted by Crippen LogP contribution is -2.32. The summed E-state index contributed by atoms with van der Waals surface area (Å²) in [6.07, 6.45) is 1.19. The van der Waals surface area contributed by atoms with Crippen LogP contribution in [0.1, 0.15) is 30.6 Å². The predicted octanol–water partition coefficient (Wildman–Crippen LogP) is 2.97. The molecule has 1 aromatic heterocycles. The first-order valence-corrected chi connectivity index (χ1v) is 8.00. The number of carbonyl (C=O) groups excluding carboxylic acids is 1. The number of hydrogen-bond donors (Lipinski definition) is 1. The van der Waals surface area contributed by atoms with Gasteiger partial charge in [-0.05, 0) is 54.7 Å². The molecule has 1 aliphatic rings. The van der Waals surface area contributed by atoms with Gasteiger partial charge in [-0.2, -0.15) is 0 Å². The zero-order valence-corrected chi connectivity index (χ0v) is 13.2. The van der Waals surface area contributed by atoms with E-state index < -0.39 is 0 Å². The number of halogens is 1. The lowest BCUT2D eigenvalue weighted by atomic mass is 10.1. The van der Waals surface area contributed by atoms with Crippen LogP contribution in [0.15, 0.2) is 15.2 Å². The third kappa shape index (κ3) is 3.56. The summed E-state index contributed by atoms with van der Waals surface area (Å²) in [5.41, 5.74) is 0.755. The third-order valence-corrected chi connectivity index (χ3v) is 4.93. The third-order valence-electron chi connectivity index (χ3n) is 3.43. The van der Waals surface area contributed by atoms with Gasteiger partial charge in [0.2, 0.25) is 0 Å². The molecule has 1 atom stereocenters. The molecule has 1 unspecified atom stereocenters. The number of hydrogen-bond acceptors (Lipinski definition) is 3. The first-order valence-electron chi connectivity index (χ1n) is 6.32. The fourth-order valence-corrected chi connectivity index (χ4v) is 3.40. The van der Waals surface area contributed by atoms with Crippen LogP contribution >= 0.6 is 27.3 Å². The highest BCUT2D eigenvalue weighted by molar-refractivity contribution is 9.11. The Bertz CT molecular complexity index is 419. The van der Waals surface area contributed by atoms with Crippen molar-refractivity contribution in [2.24, 2.45) is 5.92 Å². The van der Waals surface area contributed by atoms with Crippen molar-refractivity contribution in [1.82, 2.24) is 10.2 Å². The van der Waals surface area contributed by atoms with E-state index in [0.29, 0.717) is 12.0 Å². The highest BCUT2D eigenvalue weighted by Gasteiger charge is 2.24. The van der Waals surface area contributed by atoms with Crippen molar-refractivity contribution in [2.45, 2.75) is 26.3 Å². The quantitative estimate of drug-likeness (QED) is 0.920. The Morgan fingerprint density at radius 3 is 3.00 bits per heavy atom. The maximum absolute atomic E-state index is 11.9. The number of rotatable bonds is 4. The van der Waals surface area contributed by atoms with E-state index in [0.717, 1.165) is 29.0 Å². The lowest BCUT2D eigenvalue weighted by Gasteiger charge is -2.20. The Morgan fingerprint density at radius 1 is 1.67 bits per heavy atom. The highest BCUT2D eigenvalue weighted by Crippen LogP contribution is 2.21. The molecule has 1 N–H and O–H groups in total. The molecule has 18 heavy (non-hydrogen) atoms. The van der Waals surface area contributed by atoms with Gasteiger partial charge in [0.05, 0.1) is 9.35 Å². The molecule has 1 saturated heterocycles. The average molecular weight is 331 g/mol. The van der Waals surface area contributed by atoms with Gasteiger partial charge < -0.3 is 10.2 Å². The number of nitrogens with zero attached hydrogens (tertiary/aromatic N) is 1. The largest absolute Gasteiger partial charge is 0.352 e. The van der Waals surface area contributed by atoms with Gasteiger partial charge in [-0.3, -0.25) is 4.79 Å². The van der Waals surface area contributed by atoms with Gasteiger partial charge in [0, 0.05) is 24.5 Å². The summed E-state index contributed by atoms with van der Waals surface area (Å²) in [7, 11) is 0. The highest BCUT2D eigenvalue weighted by atomic mass is 79.9. The molecule has 0 aliphatic carbocycles. The topological polar surface area (TPSA) is 32.3 Å². The van der Waals surface area contributed by atoms with Crippen molar-refractivity contribution < 1.29 is 4.79 Å². The number of thiophene rings is 1. The SMILES string of the molecule is CC(C)N1CCC(CNC(=O)c2csc(Br)c2)C1. The first kappa shape index (κ1) is 14.0. The molecule has 3 nitrogen and oxygen atoms in total. The van der Waals surface area contributed by atoms with E-state index in [1.165, 1.54) is 6.42 Å². The molecule has 0 saturated carbocycles. The Kier molecular flexibility index (Phi) is 4.81. The molecule has 100 valence electrons. The van der Waals surface area contributed by atoms with Crippen molar-refractivity contribution in [1.29, 1.82) is 0 Å². The summed E-state index contributed by atoms with van der Waals surface area (Å²) < 4.78 is 1.000. The van der Waals surface area contributed by atoms with E-state index in [1.807, 2.05) is 11.4 Å². The van der Waals surface area contributed by atoms with Gasteiger partial charge in [-0.1, -0.05) is 0 Å². The van der Waals surface area contributed by atoms with Crippen LogP contribution in [0.4, 0.5) is 0 Å². The van der Waals surface area contributed by atoms with Gasteiger partial charge in [-0.25, -0.2) is 0 Å².